The van der Waals surface area contributed by atoms with E-state index in [1.807, 2.05) is 31.2 Å². The van der Waals surface area contributed by atoms with Crippen LogP contribution in [0.4, 0.5) is 0 Å². The zero-order valence-corrected chi connectivity index (χ0v) is 14.9. The average Bonchev–Trinajstić information content (AvgIpc) is 3.11. The lowest BCUT2D eigenvalue weighted by Crippen LogP contribution is -2.36. The first-order chi connectivity index (χ1) is 11.5. The number of nitrogens with zero attached hydrogens (tertiary/aromatic N) is 2. The summed E-state index contributed by atoms with van der Waals surface area (Å²) in [5, 5.41) is 8.19. The summed E-state index contributed by atoms with van der Waals surface area (Å²) < 4.78 is 6.93. The third-order valence-electron chi connectivity index (χ3n) is 4.72. The Morgan fingerprint density at radius 1 is 1.33 bits per heavy atom. The smallest absolute Gasteiger partial charge is 0.258 e. The molecule has 0 aliphatic heterocycles. The fourth-order valence-electron chi connectivity index (χ4n) is 3.61. The summed E-state index contributed by atoms with van der Waals surface area (Å²) >= 11 is 5.98. The number of halogens is 1. The maximum Gasteiger partial charge on any atom is 0.258 e. The van der Waals surface area contributed by atoms with Gasteiger partial charge in [0.1, 0.15) is 5.56 Å². The molecule has 1 saturated carbocycles. The van der Waals surface area contributed by atoms with Gasteiger partial charge in [-0.15, -0.1) is 0 Å². The van der Waals surface area contributed by atoms with Gasteiger partial charge in [-0.2, -0.15) is 5.10 Å². The van der Waals surface area contributed by atoms with Gasteiger partial charge in [-0.05, 0) is 37.5 Å². The fraction of sp³-hybridized carbons (Fsp3) is 0.444. The van der Waals surface area contributed by atoms with E-state index in [2.05, 4.69) is 10.4 Å². The summed E-state index contributed by atoms with van der Waals surface area (Å²) in [6, 6.07) is 8.02. The number of nitrogens with one attached hydrogen (secondary N) is 1. The van der Waals surface area contributed by atoms with E-state index in [4.69, 9.17) is 16.3 Å². The number of methoxy groups -OCH3 is 1. The number of ether oxygens (including phenoxy) is 1. The molecule has 1 N–H and O–H groups in total. The van der Waals surface area contributed by atoms with Gasteiger partial charge in [-0.3, -0.25) is 4.79 Å². The third kappa shape index (κ3) is 3.13. The lowest BCUT2D eigenvalue weighted by Gasteiger charge is -2.21. The van der Waals surface area contributed by atoms with Crippen LogP contribution >= 0.6 is 11.6 Å². The molecule has 2 atom stereocenters. The van der Waals surface area contributed by atoms with Gasteiger partial charge in [-0.1, -0.05) is 30.2 Å². The Morgan fingerprint density at radius 3 is 2.71 bits per heavy atom. The van der Waals surface area contributed by atoms with Crippen molar-refractivity contribution >= 4 is 17.5 Å². The second kappa shape index (κ2) is 6.85. The molecule has 5 nitrogen and oxygen atoms in total. The quantitative estimate of drug-likeness (QED) is 0.921. The molecule has 1 aliphatic rings. The van der Waals surface area contributed by atoms with Crippen LogP contribution in [0.2, 0.25) is 5.02 Å². The Hall–Kier alpha value is -2.01. The number of hydrogen-bond donors (Lipinski definition) is 1. The van der Waals surface area contributed by atoms with Gasteiger partial charge in [-0.25, -0.2) is 4.68 Å². The van der Waals surface area contributed by atoms with Crippen molar-refractivity contribution in [3.8, 4) is 5.88 Å². The molecule has 0 bridgehead atoms. The van der Waals surface area contributed by atoms with Crippen molar-refractivity contribution in [1.29, 1.82) is 0 Å². The molecule has 1 amide bonds. The molecule has 6 heteroatoms. The topological polar surface area (TPSA) is 56.1 Å². The summed E-state index contributed by atoms with van der Waals surface area (Å²) in [6.07, 6.45) is 3.14. The van der Waals surface area contributed by atoms with Gasteiger partial charge in [0.05, 0.1) is 12.8 Å². The molecule has 1 heterocycles. The number of amides is 1. The van der Waals surface area contributed by atoms with E-state index in [0.717, 1.165) is 24.3 Å². The van der Waals surface area contributed by atoms with Gasteiger partial charge < -0.3 is 10.1 Å². The predicted octanol–water partition coefficient (Wildman–Crippen LogP) is 3.46. The number of benzene rings is 1. The molecule has 0 unspecified atom stereocenters. The van der Waals surface area contributed by atoms with Crippen molar-refractivity contribution in [2.45, 2.75) is 38.1 Å². The number of rotatable bonds is 4. The first-order valence-electron chi connectivity index (χ1n) is 8.15. The Labute approximate surface area is 147 Å². The highest BCUT2D eigenvalue weighted by Gasteiger charge is 2.32. The maximum absolute atomic E-state index is 12.8. The monoisotopic (exact) mass is 347 g/mol. The van der Waals surface area contributed by atoms with E-state index in [9.17, 15) is 4.79 Å². The van der Waals surface area contributed by atoms with E-state index < -0.39 is 0 Å². The molecule has 2 aromatic rings. The van der Waals surface area contributed by atoms with Crippen LogP contribution in [0.25, 0.3) is 0 Å². The fourth-order valence-corrected chi connectivity index (χ4v) is 3.74. The highest BCUT2D eigenvalue weighted by Crippen LogP contribution is 2.35. The normalized spacial score (nSPS) is 20.2. The zero-order valence-electron chi connectivity index (χ0n) is 14.2. The Balaban J connectivity index is 1.80. The molecular weight excluding hydrogens is 326 g/mol. The van der Waals surface area contributed by atoms with Crippen molar-refractivity contribution in [1.82, 2.24) is 15.1 Å². The summed E-state index contributed by atoms with van der Waals surface area (Å²) in [5.41, 5.74) is 2.41. The van der Waals surface area contributed by atoms with Crippen LogP contribution in [0.1, 0.15) is 46.8 Å². The summed E-state index contributed by atoms with van der Waals surface area (Å²) in [7, 11) is 3.33. The molecule has 24 heavy (non-hydrogen) atoms. The van der Waals surface area contributed by atoms with Crippen LogP contribution < -0.4 is 10.1 Å². The van der Waals surface area contributed by atoms with E-state index in [1.165, 1.54) is 5.56 Å². The van der Waals surface area contributed by atoms with Crippen molar-refractivity contribution in [2.24, 2.45) is 7.05 Å². The Kier molecular flexibility index (Phi) is 4.81. The molecule has 0 saturated heterocycles. The molecule has 1 aromatic heterocycles. The minimum Gasteiger partial charge on any atom is -0.481 e. The second-order valence-electron chi connectivity index (χ2n) is 6.26. The van der Waals surface area contributed by atoms with Crippen molar-refractivity contribution in [2.75, 3.05) is 7.11 Å². The zero-order chi connectivity index (χ0) is 17.3. The highest BCUT2D eigenvalue weighted by molar-refractivity contribution is 6.30. The predicted molar refractivity (Wildman–Crippen MR) is 93.8 cm³/mol. The lowest BCUT2D eigenvalue weighted by atomic mass is 9.94. The first kappa shape index (κ1) is 16.8. The van der Waals surface area contributed by atoms with Crippen LogP contribution in [0.5, 0.6) is 5.88 Å². The Morgan fingerprint density at radius 2 is 2.04 bits per heavy atom. The average molecular weight is 348 g/mol. The molecule has 1 aromatic carbocycles. The molecular formula is C18H22ClN3O2. The van der Waals surface area contributed by atoms with Crippen LogP contribution in [0.3, 0.4) is 0 Å². The molecule has 1 fully saturated rings. The van der Waals surface area contributed by atoms with Crippen LogP contribution in [0.15, 0.2) is 24.3 Å². The molecule has 0 radical (unpaired) electrons. The van der Waals surface area contributed by atoms with Crippen molar-refractivity contribution in [3.63, 3.8) is 0 Å². The van der Waals surface area contributed by atoms with Gasteiger partial charge in [0.2, 0.25) is 5.88 Å². The summed E-state index contributed by atoms with van der Waals surface area (Å²) in [6.45, 7) is 1.82. The number of aryl methyl sites for hydroxylation is 2. The summed E-state index contributed by atoms with van der Waals surface area (Å²) in [5.74, 6) is 0.684. The molecule has 3 rings (SSSR count). The molecule has 1 aliphatic carbocycles. The minimum absolute atomic E-state index is 0.114. The van der Waals surface area contributed by atoms with Crippen LogP contribution in [0, 0.1) is 6.92 Å². The standard InChI is InChI=1S/C18H22ClN3O2/c1-11-16(18(24-3)22(2)21-11)17(23)20-15-6-4-5-14(15)12-7-9-13(19)10-8-12/h7-10,14-15H,4-6H2,1-3H3,(H,20,23)/t14-,15-/m1/s1. The number of hydrogen-bond acceptors (Lipinski definition) is 3. The summed E-state index contributed by atoms with van der Waals surface area (Å²) in [4.78, 5) is 12.8. The van der Waals surface area contributed by atoms with Crippen molar-refractivity contribution in [3.05, 3.63) is 46.1 Å². The number of carbonyl (C=O) groups excluding carboxylic acids is 1. The van der Waals surface area contributed by atoms with E-state index >= 15 is 0 Å². The van der Waals surface area contributed by atoms with Gasteiger partial charge >= 0.3 is 0 Å². The molecule has 0 spiro atoms. The van der Waals surface area contributed by atoms with E-state index in [-0.39, 0.29) is 11.9 Å². The lowest BCUT2D eigenvalue weighted by molar-refractivity contribution is 0.0930. The Bertz CT molecular complexity index is 739. The molecule has 128 valence electrons. The maximum atomic E-state index is 12.8. The van der Waals surface area contributed by atoms with Gasteiger partial charge in [0.15, 0.2) is 0 Å². The first-order valence-corrected chi connectivity index (χ1v) is 8.53. The third-order valence-corrected chi connectivity index (χ3v) is 4.97. The van der Waals surface area contributed by atoms with E-state index in [0.29, 0.717) is 23.1 Å². The van der Waals surface area contributed by atoms with Crippen LogP contribution in [-0.2, 0) is 7.05 Å². The van der Waals surface area contributed by atoms with E-state index in [1.54, 1.807) is 18.8 Å². The number of aromatic nitrogens is 2. The van der Waals surface area contributed by atoms with Gasteiger partial charge in [0, 0.05) is 24.0 Å². The van der Waals surface area contributed by atoms with Crippen LogP contribution in [-0.4, -0.2) is 28.8 Å². The second-order valence-corrected chi connectivity index (χ2v) is 6.70. The van der Waals surface area contributed by atoms with Crippen molar-refractivity contribution < 1.29 is 9.53 Å². The number of carbonyl (C=O) groups is 1. The van der Waals surface area contributed by atoms with Gasteiger partial charge in [0.25, 0.3) is 5.91 Å². The minimum atomic E-state index is -0.122. The largest absolute Gasteiger partial charge is 0.481 e. The SMILES string of the molecule is COc1c(C(=O)N[C@@H]2CCC[C@@H]2c2ccc(Cl)cc2)c(C)nn1C. The highest BCUT2D eigenvalue weighted by atomic mass is 35.5.